The molecule has 2 aromatic heterocycles. The van der Waals surface area contributed by atoms with Crippen LogP contribution < -0.4 is 10.9 Å². The van der Waals surface area contributed by atoms with E-state index in [4.69, 9.17) is 23.8 Å². The summed E-state index contributed by atoms with van der Waals surface area (Å²) in [7, 11) is 0. The number of carbonyl (C=O) groups excluding carboxylic acids is 1. The highest BCUT2D eigenvalue weighted by atomic mass is 35.5. The van der Waals surface area contributed by atoms with Crippen LogP contribution in [0.5, 0.6) is 0 Å². The van der Waals surface area contributed by atoms with Crippen molar-refractivity contribution in [2.24, 2.45) is 0 Å². The van der Waals surface area contributed by atoms with Crippen molar-refractivity contribution in [3.8, 4) is 5.69 Å². The monoisotopic (exact) mass is 488 g/mol. The zero-order valence-corrected chi connectivity index (χ0v) is 19.6. The zero-order chi connectivity index (χ0) is 22.0. The first-order valence-electron chi connectivity index (χ1n) is 9.27. The lowest BCUT2D eigenvalue weighted by Crippen LogP contribution is -2.24. The maximum Gasteiger partial charge on any atom is 0.271 e. The third-order valence-electron chi connectivity index (χ3n) is 4.46. The van der Waals surface area contributed by atoms with Gasteiger partial charge < -0.3 is 10.3 Å². The number of aryl methyl sites for hydroxylation is 1. The number of amides is 1. The summed E-state index contributed by atoms with van der Waals surface area (Å²) in [4.78, 5) is 32.1. The molecule has 158 valence electrons. The number of nitrogens with zero attached hydrogens (tertiary/aromatic N) is 2. The molecular formula is C21H17ClN4O2S3. The van der Waals surface area contributed by atoms with Crippen LogP contribution in [-0.2, 0) is 11.3 Å². The van der Waals surface area contributed by atoms with Crippen LogP contribution in [0.15, 0.2) is 58.5 Å². The third-order valence-corrected chi connectivity index (χ3v) is 6.94. The van der Waals surface area contributed by atoms with E-state index in [-0.39, 0.29) is 17.2 Å². The molecule has 31 heavy (non-hydrogen) atoms. The Labute approximate surface area is 196 Å². The number of fused-ring (bicyclic) bond motifs is 1. The van der Waals surface area contributed by atoms with Crippen molar-refractivity contribution in [1.82, 2.24) is 19.9 Å². The van der Waals surface area contributed by atoms with E-state index in [0.29, 0.717) is 31.0 Å². The van der Waals surface area contributed by atoms with Crippen LogP contribution in [0.3, 0.4) is 0 Å². The fourth-order valence-electron chi connectivity index (χ4n) is 2.87. The van der Waals surface area contributed by atoms with Crippen molar-refractivity contribution in [1.29, 1.82) is 0 Å². The second-order valence-corrected chi connectivity index (χ2v) is 9.80. The van der Waals surface area contributed by atoms with Crippen molar-refractivity contribution >= 4 is 63.2 Å². The quantitative estimate of drug-likeness (QED) is 0.230. The molecule has 2 heterocycles. The second-order valence-electron chi connectivity index (χ2n) is 6.75. The first kappa shape index (κ1) is 21.8. The molecule has 0 unspecified atom stereocenters. The number of thioether (sulfide) groups is 1. The molecule has 10 heteroatoms. The van der Waals surface area contributed by atoms with E-state index in [1.54, 1.807) is 16.7 Å². The lowest BCUT2D eigenvalue weighted by molar-refractivity contribution is -0.118. The SMILES string of the molecule is Cc1ccc(CNC(=O)CSc2nc3c(sc(=S)n3-c3ccc(Cl)cc3)c(=O)[nH]2)cc1. The Morgan fingerprint density at radius 3 is 2.65 bits per heavy atom. The van der Waals surface area contributed by atoms with Gasteiger partial charge in [0.05, 0.1) is 5.75 Å². The Bertz CT molecular complexity index is 1360. The number of aromatic nitrogens is 3. The minimum absolute atomic E-state index is 0.131. The molecule has 0 fully saturated rings. The van der Waals surface area contributed by atoms with Gasteiger partial charge in [0.1, 0.15) is 4.70 Å². The molecule has 0 aliphatic heterocycles. The molecule has 0 saturated carbocycles. The summed E-state index contributed by atoms with van der Waals surface area (Å²) in [5.41, 5.74) is 3.14. The molecule has 4 aromatic rings. The number of benzene rings is 2. The summed E-state index contributed by atoms with van der Waals surface area (Å²) < 4.78 is 2.68. The van der Waals surface area contributed by atoms with Crippen LogP contribution in [0.4, 0.5) is 0 Å². The zero-order valence-electron chi connectivity index (χ0n) is 16.3. The van der Waals surface area contributed by atoms with Gasteiger partial charge in [-0.25, -0.2) is 4.98 Å². The predicted molar refractivity (Wildman–Crippen MR) is 129 cm³/mol. The van der Waals surface area contributed by atoms with Crippen LogP contribution >= 0.6 is 46.9 Å². The standard InChI is InChI=1S/C21H17ClN4O2S3/c1-12-2-4-13(5-3-12)10-23-16(27)11-30-20-24-18-17(19(28)25-20)31-21(29)26(18)15-8-6-14(22)7-9-15/h2-9H,10-11H2,1H3,(H,23,27)(H,24,25,28). The Hall–Kier alpha value is -2.46. The molecule has 2 N–H and O–H groups in total. The first-order valence-corrected chi connectivity index (χ1v) is 11.9. The van der Waals surface area contributed by atoms with Gasteiger partial charge in [-0.3, -0.25) is 14.2 Å². The fraction of sp³-hybridized carbons (Fsp3) is 0.143. The van der Waals surface area contributed by atoms with E-state index < -0.39 is 0 Å². The van der Waals surface area contributed by atoms with Crippen molar-refractivity contribution in [2.75, 3.05) is 5.75 Å². The molecule has 0 aliphatic rings. The predicted octanol–water partition coefficient (Wildman–Crippen LogP) is 4.88. The van der Waals surface area contributed by atoms with Gasteiger partial charge in [0, 0.05) is 17.3 Å². The average molecular weight is 489 g/mol. The molecular weight excluding hydrogens is 472 g/mol. The van der Waals surface area contributed by atoms with E-state index in [0.717, 1.165) is 11.3 Å². The Kier molecular flexibility index (Phi) is 6.57. The number of nitrogens with one attached hydrogen (secondary N) is 2. The minimum Gasteiger partial charge on any atom is -0.351 e. The molecule has 0 radical (unpaired) electrons. The number of hydrogen-bond donors (Lipinski definition) is 2. The molecule has 0 spiro atoms. The highest BCUT2D eigenvalue weighted by Crippen LogP contribution is 2.25. The van der Waals surface area contributed by atoms with E-state index in [9.17, 15) is 9.59 Å². The van der Waals surface area contributed by atoms with E-state index in [1.165, 1.54) is 28.7 Å². The van der Waals surface area contributed by atoms with Gasteiger partial charge in [-0.05, 0) is 49.0 Å². The fourth-order valence-corrected chi connectivity index (χ4v) is 4.95. The van der Waals surface area contributed by atoms with Gasteiger partial charge >= 0.3 is 0 Å². The molecule has 1 amide bonds. The van der Waals surface area contributed by atoms with Crippen LogP contribution in [0.25, 0.3) is 16.0 Å². The highest BCUT2D eigenvalue weighted by Gasteiger charge is 2.14. The highest BCUT2D eigenvalue weighted by molar-refractivity contribution is 7.99. The first-order chi connectivity index (χ1) is 14.9. The molecule has 2 aromatic carbocycles. The lowest BCUT2D eigenvalue weighted by atomic mass is 10.1. The maximum absolute atomic E-state index is 12.6. The van der Waals surface area contributed by atoms with Crippen LogP contribution in [0.1, 0.15) is 11.1 Å². The van der Waals surface area contributed by atoms with Crippen molar-refractivity contribution < 1.29 is 4.79 Å². The second kappa shape index (κ2) is 9.35. The molecule has 6 nitrogen and oxygen atoms in total. The van der Waals surface area contributed by atoms with Crippen LogP contribution in [-0.4, -0.2) is 26.2 Å². The Morgan fingerprint density at radius 2 is 1.94 bits per heavy atom. The molecule has 0 bridgehead atoms. The van der Waals surface area contributed by atoms with E-state index in [1.807, 2.05) is 43.3 Å². The Morgan fingerprint density at radius 1 is 1.23 bits per heavy atom. The number of aromatic amines is 1. The van der Waals surface area contributed by atoms with Gasteiger partial charge in [-0.15, -0.1) is 0 Å². The maximum atomic E-state index is 12.6. The number of thiazole rings is 1. The summed E-state index contributed by atoms with van der Waals surface area (Å²) in [6, 6.07) is 15.1. The molecule has 0 atom stereocenters. The van der Waals surface area contributed by atoms with Gasteiger partial charge in [0.25, 0.3) is 5.56 Å². The smallest absolute Gasteiger partial charge is 0.271 e. The van der Waals surface area contributed by atoms with E-state index >= 15 is 0 Å². The van der Waals surface area contributed by atoms with Crippen molar-refractivity contribution in [2.45, 2.75) is 18.6 Å². The summed E-state index contributed by atoms with van der Waals surface area (Å²) in [6.45, 7) is 2.46. The van der Waals surface area contributed by atoms with Crippen LogP contribution in [0, 0.1) is 10.9 Å². The minimum atomic E-state index is -0.281. The summed E-state index contributed by atoms with van der Waals surface area (Å²) in [5.74, 6) is -0.0141. The van der Waals surface area contributed by atoms with Crippen molar-refractivity contribution in [3.05, 3.63) is 79.0 Å². The number of carbonyl (C=O) groups is 1. The molecule has 0 saturated heterocycles. The number of halogens is 1. The summed E-state index contributed by atoms with van der Waals surface area (Å²) in [6.07, 6.45) is 0. The largest absolute Gasteiger partial charge is 0.351 e. The lowest BCUT2D eigenvalue weighted by Gasteiger charge is -2.07. The summed E-state index contributed by atoms with van der Waals surface area (Å²) >= 11 is 13.8. The topological polar surface area (TPSA) is 79.8 Å². The average Bonchev–Trinajstić information content (AvgIpc) is 3.09. The van der Waals surface area contributed by atoms with Gasteiger partial charge in [0.15, 0.2) is 14.8 Å². The van der Waals surface area contributed by atoms with Gasteiger partial charge in [-0.1, -0.05) is 64.5 Å². The third kappa shape index (κ3) is 5.07. The van der Waals surface area contributed by atoms with Gasteiger partial charge in [0.2, 0.25) is 5.91 Å². The summed E-state index contributed by atoms with van der Waals surface area (Å²) in [5, 5.41) is 3.84. The van der Waals surface area contributed by atoms with Gasteiger partial charge in [-0.2, -0.15) is 0 Å². The number of rotatable bonds is 6. The Balaban J connectivity index is 1.51. The van der Waals surface area contributed by atoms with Crippen LogP contribution in [0.2, 0.25) is 5.02 Å². The number of hydrogen-bond acceptors (Lipinski definition) is 6. The number of H-pyrrole nitrogens is 1. The van der Waals surface area contributed by atoms with Crippen molar-refractivity contribution in [3.63, 3.8) is 0 Å². The normalized spacial score (nSPS) is 11.0. The molecule has 4 rings (SSSR count). The molecule has 0 aliphatic carbocycles. The van der Waals surface area contributed by atoms with E-state index in [2.05, 4.69) is 15.3 Å².